The van der Waals surface area contributed by atoms with Crippen LogP contribution in [0.15, 0.2) is 18.2 Å². The van der Waals surface area contributed by atoms with E-state index in [1.807, 2.05) is 0 Å². The van der Waals surface area contributed by atoms with E-state index in [2.05, 4.69) is 5.32 Å². The molecule has 1 rings (SSSR count). The van der Waals surface area contributed by atoms with Crippen LogP contribution in [0.1, 0.15) is 18.9 Å². The largest absolute Gasteiger partial charge is 0.313 e. The zero-order valence-corrected chi connectivity index (χ0v) is 11.1. The topological polar surface area (TPSA) is 46.2 Å². The maximum absolute atomic E-state index is 12.9. The molecule has 0 heterocycles. The van der Waals surface area contributed by atoms with Gasteiger partial charge in [0.05, 0.1) is 5.75 Å². The minimum absolute atomic E-state index is 0.147. The number of rotatable bonds is 7. The van der Waals surface area contributed by atoms with Crippen molar-refractivity contribution < 1.29 is 17.2 Å². The predicted octanol–water partition coefficient (Wildman–Crippen LogP) is 1.88. The van der Waals surface area contributed by atoms with Crippen LogP contribution < -0.4 is 5.32 Å². The lowest BCUT2D eigenvalue weighted by molar-refractivity contribution is 0.506. The van der Waals surface area contributed by atoms with Crippen molar-refractivity contribution in [1.29, 1.82) is 0 Å². The molecule has 0 radical (unpaired) electrons. The van der Waals surface area contributed by atoms with E-state index in [1.165, 1.54) is 6.07 Å². The fourth-order valence-electron chi connectivity index (χ4n) is 1.44. The third-order valence-electron chi connectivity index (χ3n) is 2.56. The van der Waals surface area contributed by atoms with E-state index in [0.29, 0.717) is 25.1 Å². The van der Waals surface area contributed by atoms with Crippen molar-refractivity contribution >= 4 is 9.84 Å². The molecule has 18 heavy (non-hydrogen) atoms. The predicted molar refractivity (Wildman–Crippen MR) is 67.0 cm³/mol. The molecule has 0 aliphatic rings. The number of halogens is 2. The van der Waals surface area contributed by atoms with Crippen molar-refractivity contribution in [3.63, 3.8) is 0 Å². The van der Waals surface area contributed by atoms with E-state index in [1.54, 1.807) is 6.92 Å². The first-order valence-corrected chi connectivity index (χ1v) is 7.62. The Morgan fingerprint density at radius 2 is 1.94 bits per heavy atom. The second kappa shape index (κ2) is 6.80. The third kappa shape index (κ3) is 5.10. The molecule has 0 bridgehead atoms. The van der Waals surface area contributed by atoms with Gasteiger partial charge in [-0.25, -0.2) is 17.2 Å². The summed E-state index contributed by atoms with van der Waals surface area (Å²) in [6.45, 7) is 2.53. The molecule has 0 aromatic heterocycles. The van der Waals surface area contributed by atoms with Crippen LogP contribution in [0.3, 0.4) is 0 Å². The molecule has 3 nitrogen and oxygen atoms in total. The molecule has 0 aliphatic carbocycles. The Balaban J connectivity index is 2.28. The zero-order chi connectivity index (χ0) is 13.6. The van der Waals surface area contributed by atoms with Gasteiger partial charge in [0.15, 0.2) is 11.6 Å². The van der Waals surface area contributed by atoms with Crippen molar-refractivity contribution in [1.82, 2.24) is 5.32 Å². The summed E-state index contributed by atoms with van der Waals surface area (Å²) in [4.78, 5) is 0. The number of sulfone groups is 1. The molecule has 0 saturated carbocycles. The first-order chi connectivity index (χ1) is 8.44. The maximum atomic E-state index is 12.9. The number of nitrogens with one attached hydrogen (secondary N) is 1. The van der Waals surface area contributed by atoms with Crippen molar-refractivity contribution in [2.24, 2.45) is 0 Å². The highest BCUT2D eigenvalue weighted by Gasteiger charge is 2.06. The molecule has 1 aromatic rings. The normalized spacial score (nSPS) is 11.7. The third-order valence-corrected chi connectivity index (χ3v) is 4.35. The van der Waals surface area contributed by atoms with Gasteiger partial charge in [0.25, 0.3) is 0 Å². The van der Waals surface area contributed by atoms with Crippen LogP contribution in [-0.4, -0.2) is 26.5 Å². The Hall–Kier alpha value is -1.01. The van der Waals surface area contributed by atoms with Crippen molar-refractivity contribution in [3.05, 3.63) is 35.4 Å². The Labute approximate surface area is 106 Å². The van der Waals surface area contributed by atoms with Gasteiger partial charge in [0, 0.05) is 12.3 Å². The molecule has 1 N–H and O–H groups in total. The van der Waals surface area contributed by atoms with Crippen LogP contribution >= 0.6 is 0 Å². The molecule has 0 spiro atoms. The first-order valence-electron chi connectivity index (χ1n) is 5.79. The Bertz CT molecular complexity index is 489. The van der Waals surface area contributed by atoms with Gasteiger partial charge in [-0.05, 0) is 30.7 Å². The van der Waals surface area contributed by atoms with Crippen molar-refractivity contribution in [3.8, 4) is 0 Å². The Morgan fingerprint density at radius 3 is 2.56 bits per heavy atom. The lowest BCUT2D eigenvalue weighted by atomic mass is 10.2. The highest BCUT2D eigenvalue weighted by atomic mass is 32.2. The van der Waals surface area contributed by atoms with Crippen LogP contribution in [0.5, 0.6) is 0 Å². The molecule has 102 valence electrons. The van der Waals surface area contributed by atoms with Gasteiger partial charge in [-0.2, -0.15) is 0 Å². The standard InChI is InChI=1S/C12H17F2NO2S/c1-2-18(16,17)7-3-6-15-9-10-4-5-11(13)12(14)8-10/h4-5,8,15H,2-3,6-7,9H2,1H3. The molecule has 0 fully saturated rings. The number of benzene rings is 1. The van der Waals surface area contributed by atoms with Gasteiger partial charge in [0.1, 0.15) is 9.84 Å². The maximum Gasteiger partial charge on any atom is 0.159 e. The summed E-state index contributed by atoms with van der Waals surface area (Å²) in [6.07, 6.45) is 0.514. The van der Waals surface area contributed by atoms with E-state index in [0.717, 1.165) is 12.1 Å². The van der Waals surface area contributed by atoms with Gasteiger partial charge in [0.2, 0.25) is 0 Å². The van der Waals surface area contributed by atoms with Gasteiger partial charge in [-0.1, -0.05) is 13.0 Å². The van der Waals surface area contributed by atoms with E-state index in [4.69, 9.17) is 0 Å². The van der Waals surface area contributed by atoms with Crippen LogP contribution in [0.25, 0.3) is 0 Å². The van der Waals surface area contributed by atoms with Gasteiger partial charge >= 0.3 is 0 Å². The summed E-state index contributed by atoms with van der Waals surface area (Å²) < 4.78 is 47.9. The quantitative estimate of drug-likeness (QED) is 0.774. The lowest BCUT2D eigenvalue weighted by Gasteiger charge is -2.05. The average Bonchev–Trinajstić information content (AvgIpc) is 2.33. The van der Waals surface area contributed by atoms with Crippen LogP contribution in [0.4, 0.5) is 8.78 Å². The monoisotopic (exact) mass is 277 g/mol. The van der Waals surface area contributed by atoms with Crippen LogP contribution in [0.2, 0.25) is 0 Å². The molecule has 0 saturated heterocycles. The van der Waals surface area contributed by atoms with E-state index < -0.39 is 21.5 Å². The molecular weight excluding hydrogens is 260 g/mol. The smallest absolute Gasteiger partial charge is 0.159 e. The number of hydrogen-bond donors (Lipinski definition) is 1. The zero-order valence-electron chi connectivity index (χ0n) is 10.2. The molecule has 1 aromatic carbocycles. The summed E-state index contributed by atoms with van der Waals surface area (Å²) >= 11 is 0. The SMILES string of the molecule is CCS(=O)(=O)CCCNCc1ccc(F)c(F)c1. The van der Waals surface area contributed by atoms with Crippen molar-refractivity contribution in [2.45, 2.75) is 19.9 Å². The summed E-state index contributed by atoms with van der Waals surface area (Å²) in [5.41, 5.74) is 0.632. The molecule has 0 unspecified atom stereocenters. The Morgan fingerprint density at radius 1 is 1.22 bits per heavy atom. The average molecular weight is 277 g/mol. The molecule has 0 amide bonds. The summed E-state index contributed by atoms with van der Waals surface area (Å²) in [5, 5.41) is 2.99. The first kappa shape index (κ1) is 15.0. The highest BCUT2D eigenvalue weighted by molar-refractivity contribution is 7.91. The van der Waals surface area contributed by atoms with Gasteiger partial charge in [-0.3, -0.25) is 0 Å². The molecule has 0 atom stereocenters. The second-order valence-electron chi connectivity index (χ2n) is 4.02. The lowest BCUT2D eigenvalue weighted by Crippen LogP contribution is -2.19. The molecule has 6 heteroatoms. The van der Waals surface area contributed by atoms with E-state index in [-0.39, 0.29) is 11.5 Å². The highest BCUT2D eigenvalue weighted by Crippen LogP contribution is 2.08. The Kier molecular flexibility index (Phi) is 5.68. The molecule has 0 aliphatic heterocycles. The summed E-state index contributed by atoms with van der Waals surface area (Å²) in [7, 11) is -2.93. The second-order valence-corrected chi connectivity index (χ2v) is 6.49. The van der Waals surface area contributed by atoms with E-state index >= 15 is 0 Å². The fraction of sp³-hybridized carbons (Fsp3) is 0.500. The van der Waals surface area contributed by atoms with Gasteiger partial charge < -0.3 is 5.32 Å². The summed E-state index contributed by atoms with van der Waals surface area (Å²) in [5.74, 6) is -1.44. The van der Waals surface area contributed by atoms with Gasteiger partial charge in [-0.15, -0.1) is 0 Å². The minimum Gasteiger partial charge on any atom is -0.313 e. The fourth-order valence-corrected chi connectivity index (χ4v) is 2.32. The van der Waals surface area contributed by atoms with Crippen molar-refractivity contribution in [2.75, 3.05) is 18.1 Å². The minimum atomic E-state index is -2.93. The van der Waals surface area contributed by atoms with E-state index in [9.17, 15) is 17.2 Å². The molecular formula is C12H17F2NO2S. The summed E-state index contributed by atoms with van der Waals surface area (Å²) in [6, 6.07) is 3.70. The van der Waals surface area contributed by atoms with Crippen LogP contribution in [0, 0.1) is 11.6 Å². The number of hydrogen-bond acceptors (Lipinski definition) is 3. The van der Waals surface area contributed by atoms with Crippen LogP contribution in [-0.2, 0) is 16.4 Å².